The van der Waals surface area contributed by atoms with Crippen molar-refractivity contribution in [2.75, 3.05) is 0 Å². The molecule has 0 bridgehead atoms. The Morgan fingerprint density at radius 1 is 1.14 bits per heavy atom. The molecule has 21 heavy (non-hydrogen) atoms. The largest absolute Gasteiger partial charge is 0.388 e. The summed E-state index contributed by atoms with van der Waals surface area (Å²) in [6.07, 6.45) is 1.65. The fraction of sp³-hybridized carbons (Fsp3) is 0.167. The Morgan fingerprint density at radius 2 is 2.00 bits per heavy atom. The van der Waals surface area contributed by atoms with E-state index >= 15 is 0 Å². The lowest BCUT2D eigenvalue weighted by Crippen LogP contribution is -2.03. The summed E-state index contributed by atoms with van der Waals surface area (Å²) in [7, 11) is 0. The van der Waals surface area contributed by atoms with Crippen molar-refractivity contribution in [1.29, 1.82) is 0 Å². The lowest BCUT2D eigenvalue weighted by molar-refractivity contribution is 0.180. The maximum absolute atomic E-state index is 10.6. The van der Waals surface area contributed by atoms with E-state index in [1.54, 1.807) is 6.20 Å². The summed E-state index contributed by atoms with van der Waals surface area (Å²) in [5.74, 6) is 0. The van der Waals surface area contributed by atoms with Gasteiger partial charge in [0.2, 0.25) is 0 Å². The van der Waals surface area contributed by atoms with E-state index in [9.17, 15) is 5.11 Å². The average molecular weight is 298 g/mol. The normalized spacial score (nSPS) is 12.5. The number of halogens is 1. The highest BCUT2D eigenvalue weighted by atomic mass is 35.5. The van der Waals surface area contributed by atoms with Crippen LogP contribution in [-0.4, -0.2) is 10.1 Å². The number of hydrogen-bond donors (Lipinski definition) is 1. The van der Waals surface area contributed by atoms with E-state index in [1.807, 2.05) is 55.5 Å². The number of fused-ring (bicyclic) bond motifs is 1. The van der Waals surface area contributed by atoms with Crippen LogP contribution in [0.3, 0.4) is 0 Å². The monoisotopic (exact) mass is 297 g/mol. The summed E-state index contributed by atoms with van der Waals surface area (Å²) >= 11 is 6.26. The first-order valence-electron chi connectivity index (χ1n) is 6.92. The second kappa shape index (κ2) is 5.84. The van der Waals surface area contributed by atoms with Crippen LogP contribution in [0, 0.1) is 6.92 Å². The van der Waals surface area contributed by atoms with E-state index in [0.29, 0.717) is 11.4 Å². The molecule has 3 heteroatoms. The quantitative estimate of drug-likeness (QED) is 0.773. The van der Waals surface area contributed by atoms with Gasteiger partial charge in [-0.25, -0.2) is 0 Å². The van der Waals surface area contributed by atoms with Crippen molar-refractivity contribution in [1.82, 2.24) is 4.98 Å². The van der Waals surface area contributed by atoms with Gasteiger partial charge >= 0.3 is 0 Å². The van der Waals surface area contributed by atoms with Gasteiger partial charge in [-0.1, -0.05) is 41.9 Å². The molecule has 1 N–H and O–H groups in total. The molecule has 0 radical (unpaired) electrons. The summed E-state index contributed by atoms with van der Waals surface area (Å²) < 4.78 is 0. The minimum absolute atomic E-state index is 0.493. The second-order valence-electron chi connectivity index (χ2n) is 5.23. The van der Waals surface area contributed by atoms with E-state index in [1.165, 1.54) is 0 Å². The lowest BCUT2D eigenvalue weighted by Gasteiger charge is -2.14. The molecule has 3 aromatic rings. The molecule has 1 heterocycles. The number of nitrogens with zero attached hydrogens (tertiary/aromatic N) is 1. The molecular weight excluding hydrogens is 282 g/mol. The van der Waals surface area contributed by atoms with Crippen LogP contribution >= 0.6 is 11.6 Å². The van der Waals surface area contributed by atoms with Gasteiger partial charge in [-0.3, -0.25) is 4.98 Å². The SMILES string of the molecule is Cc1ccc(CC(O)c2cccc3ncccc23)c(Cl)c1. The van der Waals surface area contributed by atoms with Gasteiger partial charge in [-0.15, -0.1) is 0 Å². The van der Waals surface area contributed by atoms with Gasteiger partial charge in [0, 0.05) is 23.0 Å². The first-order chi connectivity index (χ1) is 10.1. The Bertz CT molecular complexity index is 780. The van der Waals surface area contributed by atoms with Crippen LogP contribution in [0.5, 0.6) is 0 Å². The topological polar surface area (TPSA) is 33.1 Å². The summed E-state index contributed by atoms with van der Waals surface area (Å²) in [6, 6.07) is 15.6. The summed E-state index contributed by atoms with van der Waals surface area (Å²) in [5, 5.41) is 12.3. The van der Waals surface area contributed by atoms with Crippen LogP contribution < -0.4 is 0 Å². The zero-order chi connectivity index (χ0) is 14.8. The molecule has 0 saturated carbocycles. The molecule has 1 atom stereocenters. The number of benzene rings is 2. The van der Waals surface area contributed by atoms with Crippen LogP contribution in [0.25, 0.3) is 10.9 Å². The Labute approximate surface area is 129 Å². The Hall–Kier alpha value is -1.90. The molecule has 2 nitrogen and oxygen atoms in total. The molecule has 0 aliphatic rings. The minimum Gasteiger partial charge on any atom is -0.388 e. The number of aryl methyl sites for hydroxylation is 1. The van der Waals surface area contributed by atoms with Gasteiger partial charge in [0.1, 0.15) is 0 Å². The van der Waals surface area contributed by atoms with Crippen LogP contribution in [-0.2, 0) is 6.42 Å². The second-order valence-corrected chi connectivity index (χ2v) is 5.64. The molecule has 0 amide bonds. The van der Waals surface area contributed by atoms with Crippen molar-refractivity contribution in [2.24, 2.45) is 0 Å². The van der Waals surface area contributed by atoms with Crippen molar-refractivity contribution in [2.45, 2.75) is 19.4 Å². The van der Waals surface area contributed by atoms with Gasteiger partial charge in [-0.2, -0.15) is 0 Å². The highest BCUT2D eigenvalue weighted by Crippen LogP contribution is 2.28. The Morgan fingerprint density at radius 3 is 2.81 bits per heavy atom. The van der Waals surface area contributed by atoms with E-state index in [-0.39, 0.29) is 0 Å². The van der Waals surface area contributed by atoms with Crippen molar-refractivity contribution in [3.05, 3.63) is 76.4 Å². The number of aromatic nitrogens is 1. The molecule has 106 valence electrons. The zero-order valence-electron chi connectivity index (χ0n) is 11.8. The number of aliphatic hydroxyl groups is 1. The van der Waals surface area contributed by atoms with Gasteiger partial charge in [0.25, 0.3) is 0 Å². The summed E-state index contributed by atoms with van der Waals surface area (Å²) in [5.41, 5.74) is 3.85. The van der Waals surface area contributed by atoms with Crippen molar-refractivity contribution < 1.29 is 5.11 Å². The molecule has 0 saturated heterocycles. The summed E-state index contributed by atoms with van der Waals surface area (Å²) in [4.78, 5) is 4.32. The maximum atomic E-state index is 10.6. The molecule has 0 aliphatic heterocycles. The number of hydrogen-bond acceptors (Lipinski definition) is 2. The van der Waals surface area contributed by atoms with Crippen LogP contribution in [0.1, 0.15) is 22.8 Å². The standard InChI is InChI=1S/C18H16ClNO/c1-12-7-8-13(16(19)10-12)11-18(21)15-4-2-6-17-14(15)5-3-9-20-17/h2-10,18,21H,11H2,1H3. The lowest BCUT2D eigenvalue weighted by atomic mass is 9.97. The number of aliphatic hydroxyl groups excluding tert-OH is 1. The third-order valence-electron chi connectivity index (χ3n) is 3.66. The Balaban J connectivity index is 1.95. The van der Waals surface area contributed by atoms with Crippen LogP contribution in [0.4, 0.5) is 0 Å². The predicted octanol–water partition coefficient (Wildman–Crippen LogP) is 4.47. The van der Waals surface area contributed by atoms with Crippen molar-refractivity contribution >= 4 is 22.5 Å². The highest BCUT2D eigenvalue weighted by Gasteiger charge is 2.14. The van der Waals surface area contributed by atoms with Crippen LogP contribution in [0.15, 0.2) is 54.7 Å². The van der Waals surface area contributed by atoms with Gasteiger partial charge in [0.15, 0.2) is 0 Å². The van der Waals surface area contributed by atoms with Crippen molar-refractivity contribution in [3.8, 4) is 0 Å². The highest BCUT2D eigenvalue weighted by molar-refractivity contribution is 6.31. The fourth-order valence-electron chi connectivity index (χ4n) is 2.55. The van der Waals surface area contributed by atoms with E-state index < -0.39 is 6.10 Å². The third kappa shape index (κ3) is 2.92. The van der Waals surface area contributed by atoms with Gasteiger partial charge in [0.05, 0.1) is 11.6 Å². The third-order valence-corrected chi connectivity index (χ3v) is 4.01. The molecule has 2 aromatic carbocycles. The smallest absolute Gasteiger partial charge is 0.0837 e. The van der Waals surface area contributed by atoms with Crippen molar-refractivity contribution in [3.63, 3.8) is 0 Å². The maximum Gasteiger partial charge on any atom is 0.0837 e. The zero-order valence-corrected chi connectivity index (χ0v) is 12.5. The van der Waals surface area contributed by atoms with Gasteiger partial charge < -0.3 is 5.11 Å². The Kier molecular flexibility index (Phi) is 3.91. The molecule has 0 fully saturated rings. The molecule has 1 aromatic heterocycles. The molecular formula is C18H16ClNO. The van der Waals surface area contributed by atoms with E-state index in [4.69, 9.17) is 11.6 Å². The molecule has 0 spiro atoms. The predicted molar refractivity (Wildman–Crippen MR) is 86.6 cm³/mol. The fourth-order valence-corrected chi connectivity index (χ4v) is 2.87. The van der Waals surface area contributed by atoms with E-state index in [0.717, 1.165) is 27.6 Å². The number of pyridine rings is 1. The van der Waals surface area contributed by atoms with Crippen LogP contribution in [0.2, 0.25) is 5.02 Å². The van der Waals surface area contributed by atoms with E-state index in [2.05, 4.69) is 4.98 Å². The number of rotatable bonds is 3. The average Bonchev–Trinajstić information content (AvgIpc) is 2.49. The first-order valence-corrected chi connectivity index (χ1v) is 7.29. The first kappa shape index (κ1) is 14.1. The molecule has 3 rings (SSSR count). The van der Waals surface area contributed by atoms with Gasteiger partial charge in [-0.05, 0) is 41.8 Å². The summed E-state index contributed by atoms with van der Waals surface area (Å²) in [6.45, 7) is 2.00. The minimum atomic E-state index is -0.599. The molecule has 1 unspecified atom stereocenters. The molecule has 0 aliphatic carbocycles.